The molecule has 1 aliphatic heterocycles. The molecule has 0 aromatic heterocycles. The Balaban J connectivity index is 2.18. The van der Waals surface area contributed by atoms with E-state index >= 15 is 0 Å². The maximum atomic E-state index is 6.05. The van der Waals surface area contributed by atoms with Gasteiger partial charge in [0.25, 0.3) is 0 Å². The average molecular weight is 276 g/mol. The number of nitrogens with two attached hydrogens (primary N) is 1. The third-order valence-electron chi connectivity index (χ3n) is 3.97. The third kappa shape index (κ3) is 3.81. The largest absolute Gasteiger partial charge is 0.493 e. The van der Waals surface area contributed by atoms with Gasteiger partial charge in [-0.25, -0.2) is 0 Å². The van der Waals surface area contributed by atoms with Crippen molar-refractivity contribution in [3.05, 3.63) is 18.2 Å². The van der Waals surface area contributed by atoms with Gasteiger partial charge in [0.15, 0.2) is 0 Å². The van der Waals surface area contributed by atoms with Gasteiger partial charge in [-0.1, -0.05) is 20.3 Å². The summed E-state index contributed by atoms with van der Waals surface area (Å²) in [7, 11) is 0. The molecule has 0 bridgehead atoms. The molecule has 1 aromatic rings. The molecule has 3 nitrogen and oxygen atoms in total. The molecule has 112 valence electrons. The second kappa shape index (κ2) is 7.41. The Bertz CT molecular complexity index is 417. The van der Waals surface area contributed by atoms with E-state index < -0.39 is 0 Å². The Morgan fingerprint density at radius 3 is 2.80 bits per heavy atom. The Morgan fingerprint density at radius 1 is 1.20 bits per heavy atom. The lowest BCUT2D eigenvalue weighted by atomic mass is 9.97. The molecule has 0 spiro atoms. The summed E-state index contributed by atoms with van der Waals surface area (Å²) in [5.41, 5.74) is 8.08. The lowest BCUT2D eigenvalue weighted by Gasteiger charge is -2.38. The van der Waals surface area contributed by atoms with E-state index in [1.165, 1.54) is 37.8 Å². The van der Waals surface area contributed by atoms with Crippen LogP contribution < -0.4 is 15.4 Å². The minimum absolute atomic E-state index is 0.662. The second-order valence-corrected chi connectivity index (χ2v) is 5.74. The summed E-state index contributed by atoms with van der Waals surface area (Å²) < 4.78 is 5.76. The molecule has 1 atom stereocenters. The van der Waals surface area contributed by atoms with Crippen molar-refractivity contribution in [3.8, 4) is 5.75 Å². The van der Waals surface area contributed by atoms with Crippen molar-refractivity contribution in [1.82, 2.24) is 0 Å². The molecule has 1 unspecified atom stereocenters. The minimum Gasteiger partial charge on any atom is -0.493 e. The molecule has 2 N–H and O–H groups in total. The van der Waals surface area contributed by atoms with E-state index in [1.807, 2.05) is 6.07 Å². The van der Waals surface area contributed by atoms with E-state index in [-0.39, 0.29) is 0 Å². The molecular weight excluding hydrogens is 248 g/mol. The first-order chi connectivity index (χ1) is 9.74. The van der Waals surface area contributed by atoms with E-state index in [1.54, 1.807) is 0 Å². The molecule has 1 saturated heterocycles. The van der Waals surface area contributed by atoms with Crippen LogP contribution in [-0.4, -0.2) is 19.2 Å². The number of anilines is 2. The average Bonchev–Trinajstić information content (AvgIpc) is 2.45. The summed E-state index contributed by atoms with van der Waals surface area (Å²) in [5.74, 6) is 0.905. The predicted molar refractivity (Wildman–Crippen MR) is 86.5 cm³/mol. The van der Waals surface area contributed by atoms with Gasteiger partial charge in [0, 0.05) is 36.1 Å². The van der Waals surface area contributed by atoms with Crippen LogP contribution in [0.3, 0.4) is 0 Å². The zero-order chi connectivity index (χ0) is 14.4. The monoisotopic (exact) mass is 276 g/mol. The van der Waals surface area contributed by atoms with Gasteiger partial charge in [-0.2, -0.15) is 0 Å². The maximum Gasteiger partial charge on any atom is 0.123 e. The van der Waals surface area contributed by atoms with Crippen molar-refractivity contribution in [1.29, 1.82) is 0 Å². The van der Waals surface area contributed by atoms with Gasteiger partial charge in [-0.15, -0.1) is 0 Å². The first-order valence-corrected chi connectivity index (χ1v) is 8.04. The highest BCUT2D eigenvalue weighted by molar-refractivity contribution is 5.61. The lowest BCUT2D eigenvalue weighted by Crippen LogP contribution is -2.39. The minimum atomic E-state index is 0.662. The fraction of sp³-hybridized carbons (Fsp3) is 0.647. The molecule has 1 heterocycles. The SMILES string of the molecule is CCCOc1cc(N)cc(N2CCCCC2CCC)c1. The Morgan fingerprint density at radius 2 is 2.05 bits per heavy atom. The van der Waals surface area contributed by atoms with Crippen molar-refractivity contribution in [3.63, 3.8) is 0 Å². The van der Waals surface area contributed by atoms with E-state index in [4.69, 9.17) is 10.5 Å². The summed E-state index contributed by atoms with van der Waals surface area (Å²) in [6.45, 7) is 6.28. The second-order valence-electron chi connectivity index (χ2n) is 5.74. The van der Waals surface area contributed by atoms with E-state index in [0.717, 1.165) is 31.0 Å². The van der Waals surface area contributed by atoms with Crippen LogP contribution in [-0.2, 0) is 0 Å². The van der Waals surface area contributed by atoms with Crippen LogP contribution >= 0.6 is 0 Å². The van der Waals surface area contributed by atoms with E-state index in [2.05, 4.69) is 30.9 Å². The molecule has 1 aliphatic rings. The molecule has 0 aliphatic carbocycles. The van der Waals surface area contributed by atoms with Crippen LogP contribution in [0, 0.1) is 0 Å². The van der Waals surface area contributed by atoms with Crippen LogP contribution in [0.15, 0.2) is 18.2 Å². The Labute approximate surface area is 123 Å². The van der Waals surface area contributed by atoms with Crippen molar-refractivity contribution >= 4 is 11.4 Å². The van der Waals surface area contributed by atoms with Crippen LogP contribution in [0.2, 0.25) is 0 Å². The molecule has 20 heavy (non-hydrogen) atoms. The topological polar surface area (TPSA) is 38.5 Å². The third-order valence-corrected chi connectivity index (χ3v) is 3.97. The number of rotatable bonds is 6. The van der Waals surface area contributed by atoms with Gasteiger partial charge < -0.3 is 15.4 Å². The first kappa shape index (κ1) is 15.0. The normalized spacial score (nSPS) is 19.1. The highest BCUT2D eigenvalue weighted by Crippen LogP contribution is 2.31. The first-order valence-electron chi connectivity index (χ1n) is 8.04. The van der Waals surface area contributed by atoms with Crippen LogP contribution in [0.5, 0.6) is 5.75 Å². The number of piperidine rings is 1. The fourth-order valence-electron chi connectivity index (χ4n) is 3.05. The summed E-state index contributed by atoms with van der Waals surface area (Å²) in [6, 6.07) is 6.83. The van der Waals surface area contributed by atoms with E-state index in [0.29, 0.717) is 6.04 Å². The molecule has 0 radical (unpaired) electrons. The van der Waals surface area contributed by atoms with Gasteiger partial charge in [0.05, 0.1) is 6.61 Å². The maximum absolute atomic E-state index is 6.05. The van der Waals surface area contributed by atoms with Gasteiger partial charge in [-0.3, -0.25) is 0 Å². The fourth-order valence-corrected chi connectivity index (χ4v) is 3.05. The lowest BCUT2D eigenvalue weighted by molar-refractivity contribution is 0.317. The van der Waals surface area contributed by atoms with Gasteiger partial charge in [0.1, 0.15) is 5.75 Å². The number of hydrogen-bond donors (Lipinski definition) is 1. The van der Waals surface area contributed by atoms with E-state index in [9.17, 15) is 0 Å². The number of nitrogens with zero attached hydrogens (tertiary/aromatic N) is 1. The quantitative estimate of drug-likeness (QED) is 0.791. The summed E-state index contributed by atoms with van der Waals surface area (Å²) >= 11 is 0. The smallest absolute Gasteiger partial charge is 0.123 e. The Kier molecular flexibility index (Phi) is 5.57. The van der Waals surface area contributed by atoms with Crippen LogP contribution in [0.1, 0.15) is 52.4 Å². The van der Waals surface area contributed by atoms with Gasteiger partial charge >= 0.3 is 0 Å². The van der Waals surface area contributed by atoms with Crippen molar-refractivity contribution in [2.75, 3.05) is 23.8 Å². The number of hydrogen-bond acceptors (Lipinski definition) is 3. The summed E-state index contributed by atoms with van der Waals surface area (Å²) in [6.07, 6.45) is 7.45. The number of benzene rings is 1. The highest BCUT2D eigenvalue weighted by Gasteiger charge is 2.22. The van der Waals surface area contributed by atoms with Crippen molar-refractivity contribution in [2.45, 2.75) is 58.4 Å². The number of nitrogen functional groups attached to an aromatic ring is 1. The molecular formula is C17H28N2O. The van der Waals surface area contributed by atoms with Crippen LogP contribution in [0.25, 0.3) is 0 Å². The highest BCUT2D eigenvalue weighted by atomic mass is 16.5. The zero-order valence-corrected chi connectivity index (χ0v) is 12.9. The molecule has 1 aromatic carbocycles. The van der Waals surface area contributed by atoms with Gasteiger partial charge in [0.2, 0.25) is 0 Å². The van der Waals surface area contributed by atoms with Crippen LogP contribution in [0.4, 0.5) is 11.4 Å². The molecule has 2 rings (SSSR count). The Hall–Kier alpha value is -1.38. The molecule has 0 amide bonds. The summed E-state index contributed by atoms with van der Waals surface area (Å²) in [4.78, 5) is 2.53. The molecule has 3 heteroatoms. The summed E-state index contributed by atoms with van der Waals surface area (Å²) in [5, 5.41) is 0. The van der Waals surface area contributed by atoms with Crippen molar-refractivity contribution in [2.24, 2.45) is 0 Å². The number of ether oxygens (including phenoxy) is 1. The van der Waals surface area contributed by atoms with Gasteiger partial charge in [-0.05, 0) is 38.2 Å². The van der Waals surface area contributed by atoms with Crippen molar-refractivity contribution < 1.29 is 4.74 Å². The zero-order valence-electron chi connectivity index (χ0n) is 12.9. The standard InChI is InChI=1S/C17H28N2O/c1-3-7-15-8-5-6-9-19(15)16-11-14(18)12-17(13-16)20-10-4-2/h11-13,15H,3-10,18H2,1-2H3. The predicted octanol–water partition coefficient (Wildman–Crippen LogP) is 4.22. The molecule has 0 saturated carbocycles. The molecule has 1 fully saturated rings.